The van der Waals surface area contributed by atoms with Crippen molar-refractivity contribution in [2.75, 3.05) is 26.1 Å². The lowest BCUT2D eigenvalue weighted by atomic mass is 10.1. The Kier molecular flexibility index (Phi) is 7.76. The van der Waals surface area contributed by atoms with Gasteiger partial charge in [-0.05, 0) is 56.7 Å². The summed E-state index contributed by atoms with van der Waals surface area (Å²) in [6.45, 7) is 6.74. The van der Waals surface area contributed by atoms with E-state index in [2.05, 4.69) is 17.2 Å². The van der Waals surface area contributed by atoms with E-state index in [1.165, 1.54) is 0 Å². The van der Waals surface area contributed by atoms with Crippen LogP contribution in [0.1, 0.15) is 42.7 Å². The SMILES string of the molecule is CCCCOc1cc(C(=O)NC(C)COc2cccc3nc(C)cc(N)c23)ccc1OC. The van der Waals surface area contributed by atoms with Gasteiger partial charge in [0.25, 0.3) is 5.91 Å². The fourth-order valence-electron chi connectivity index (χ4n) is 3.36. The van der Waals surface area contributed by atoms with Gasteiger partial charge in [0.05, 0.1) is 30.7 Å². The van der Waals surface area contributed by atoms with E-state index in [1.807, 2.05) is 38.1 Å². The molecule has 1 unspecified atom stereocenters. The maximum Gasteiger partial charge on any atom is 0.251 e. The third-order valence-electron chi connectivity index (χ3n) is 5.00. The molecule has 0 saturated carbocycles. The van der Waals surface area contributed by atoms with Crippen LogP contribution in [0.2, 0.25) is 0 Å². The summed E-state index contributed by atoms with van der Waals surface area (Å²) in [7, 11) is 1.58. The van der Waals surface area contributed by atoms with Crippen LogP contribution in [0, 0.1) is 6.92 Å². The molecular weight excluding hydrogens is 406 g/mol. The number of ether oxygens (including phenoxy) is 3. The van der Waals surface area contributed by atoms with Crippen molar-refractivity contribution in [3.8, 4) is 17.2 Å². The van der Waals surface area contributed by atoms with Crippen molar-refractivity contribution in [1.29, 1.82) is 0 Å². The molecule has 0 aliphatic heterocycles. The Morgan fingerprint density at radius 3 is 2.69 bits per heavy atom. The second-order valence-electron chi connectivity index (χ2n) is 7.76. The molecule has 0 spiro atoms. The molecule has 0 fully saturated rings. The number of nitrogens with one attached hydrogen (secondary N) is 1. The van der Waals surface area contributed by atoms with Crippen LogP contribution in [0.3, 0.4) is 0 Å². The average molecular weight is 438 g/mol. The number of nitrogens with two attached hydrogens (primary N) is 1. The Balaban J connectivity index is 1.65. The number of rotatable bonds is 10. The standard InChI is InChI=1S/C25H31N3O4/c1-5-6-12-31-23-14-18(10-11-21(23)30-4)25(29)28-17(3)15-32-22-9-7-8-20-24(22)19(26)13-16(2)27-20/h7-11,13-14,17H,5-6,12,15H2,1-4H3,(H2,26,27)(H,28,29). The number of fused-ring (bicyclic) bond motifs is 1. The third kappa shape index (κ3) is 5.60. The summed E-state index contributed by atoms with van der Waals surface area (Å²) < 4.78 is 17.1. The number of aromatic nitrogens is 1. The normalized spacial score (nSPS) is 11.8. The zero-order valence-electron chi connectivity index (χ0n) is 19.1. The number of nitrogen functional groups attached to an aromatic ring is 1. The van der Waals surface area contributed by atoms with Gasteiger partial charge in [0.2, 0.25) is 0 Å². The first-order valence-corrected chi connectivity index (χ1v) is 10.8. The first-order chi connectivity index (χ1) is 15.4. The maximum atomic E-state index is 12.8. The van der Waals surface area contributed by atoms with E-state index in [1.54, 1.807) is 25.3 Å². The van der Waals surface area contributed by atoms with E-state index in [0.717, 1.165) is 29.4 Å². The molecule has 0 radical (unpaired) electrons. The molecule has 0 saturated heterocycles. The van der Waals surface area contributed by atoms with Crippen molar-refractivity contribution in [3.05, 3.63) is 53.7 Å². The number of hydrogen-bond donors (Lipinski definition) is 2. The van der Waals surface area contributed by atoms with Crippen LogP contribution in [0.4, 0.5) is 5.69 Å². The van der Waals surface area contributed by atoms with Crippen LogP contribution in [0.25, 0.3) is 10.9 Å². The van der Waals surface area contributed by atoms with Gasteiger partial charge in [-0.3, -0.25) is 9.78 Å². The van der Waals surface area contributed by atoms with E-state index in [-0.39, 0.29) is 18.6 Å². The Hall–Kier alpha value is -3.48. The molecule has 32 heavy (non-hydrogen) atoms. The molecule has 7 heteroatoms. The van der Waals surface area contributed by atoms with E-state index < -0.39 is 0 Å². The van der Waals surface area contributed by atoms with E-state index in [9.17, 15) is 4.79 Å². The van der Waals surface area contributed by atoms with Crippen LogP contribution >= 0.6 is 0 Å². The number of pyridine rings is 1. The number of anilines is 1. The number of nitrogens with zero attached hydrogens (tertiary/aromatic N) is 1. The molecule has 1 amide bonds. The molecule has 0 aliphatic carbocycles. The highest BCUT2D eigenvalue weighted by Crippen LogP contribution is 2.30. The third-order valence-corrected chi connectivity index (χ3v) is 5.00. The monoisotopic (exact) mass is 437 g/mol. The summed E-state index contributed by atoms with van der Waals surface area (Å²) in [4.78, 5) is 17.3. The molecule has 170 valence electrons. The lowest BCUT2D eigenvalue weighted by molar-refractivity contribution is 0.0926. The molecule has 3 N–H and O–H groups in total. The highest BCUT2D eigenvalue weighted by molar-refractivity contribution is 5.96. The second kappa shape index (κ2) is 10.7. The topological polar surface area (TPSA) is 95.7 Å². The minimum atomic E-state index is -0.232. The van der Waals surface area contributed by atoms with Crippen molar-refractivity contribution in [1.82, 2.24) is 10.3 Å². The number of benzene rings is 2. The van der Waals surface area contributed by atoms with Crippen LogP contribution in [0.5, 0.6) is 17.2 Å². The van der Waals surface area contributed by atoms with E-state index >= 15 is 0 Å². The Labute approximate surface area is 188 Å². The Morgan fingerprint density at radius 1 is 1.12 bits per heavy atom. The number of methoxy groups -OCH3 is 1. The number of unbranched alkanes of at least 4 members (excludes halogenated alkanes) is 1. The minimum absolute atomic E-state index is 0.209. The predicted molar refractivity (Wildman–Crippen MR) is 127 cm³/mol. The number of amides is 1. The summed E-state index contributed by atoms with van der Waals surface area (Å²) >= 11 is 0. The average Bonchev–Trinajstić information content (AvgIpc) is 2.77. The van der Waals surface area contributed by atoms with Gasteiger partial charge in [-0.1, -0.05) is 19.4 Å². The number of carbonyl (C=O) groups is 1. The van der Waals surface area contributed by atoms with Crippen molar-refractivity contribution < 1.29 is 19.0 Å². The molecule has 7 nitrogen and oxygen atoms in total. The summed E-state index contributed by atoms with van der Waals surface area (Å²) in [5.74, 6) is 1.60. The number of carbonyl (C=O) groups excluding carboxylic acids is 1. The molecule has 1 aromatic heterocycles. The Bertz CT molecular complexity index is 1080. The van der Waals surface area contributed by atoms with Crippen LogP contribution in [-0.2, 0) is 0 Å². The predicted octanol–water partition coefficient (Wildman–Crippen LogP) is 4.51. The van der Waals surface area contributed by atoms with Crippen LogP contribution < -0.4 is 25.3 Å². The van der Waals surface area contributed by atoms with Crippen LogP contribution in [-0.4, -0.2) is 37.3 Å². The van der Waals surface area contributed by atoms with Gasteiger partial charge in [-0.2, -0.15) is 0 Å². The quantitative estimate of drug-likeness (QED) is 0.453. The molecule has 1 atom stereocenters. The first kappa shape index (κ1) is 23.2. The molecule has 3 rings (SSSR count). The number of hydrogen-bond acceptors (Lipinski definition) is 6. The molecule has 0 aliphatic rings. The number of aryl methyl sites for hydroxylation is 1. The Morgan fingerprint density at radius 2 is 1.94 bits per heavy atom. The first-order valence-electron chi connectivity index (χ1n) is 10.8. The van der Waals surface area contributed by atoms with Gasteiger partial charge in [-0.25, -0.2) is 0 Å². The van der Waals surface area contributed by atoms with Gasteiger partial charge >= 0.3 is 0 Å². The fourth-order valence-corrected chi connectivity index (χ4v) is 3.36. The van der Waals surface area contributed by atoms with E-state index in [0.29, 0.717) is 35.1 Å². The van der Waals surface area contributed by atoms with Gasteiger partial charge in [0.1, 0.15) is 12.4 Å². The summed E-state index contributed by atoms with van der Waals surface area (Å²) in [6, 6.07) is 12.4. The van der Waals surface area contributed by atoms with Gasteiger partial charge < -0.3 is 25.3 Å². The molecule has 0 bridgehead atoms. The van der Waals surface area contributed by atoms with Crippen molar-refractivity contribution in [2.45, 2.75) is 39.7 Å². The summed E-state index contributed by atoms with van der Waals surface area (Å²) in [6.07, 6.45) is 1.96. The zero-order valence-corrected chi connectivity index (χ0v) is 19.1. The van der Waals surface area contributed by atoms with Crippen molar-refractivity contribution in [3.63, 3.8) is 0 Å². The van der Waals surface area contributed by atoms with Gasteiger partial charge in [0, 0.05) is 16.9 Å². The summed E-state index contributed by atoms with van der Waals surface area (Å²) in [5.41, 5.74) is 8.94. The van der Waals surface area contributed by atoms with Crippen LogP contribution in [0.15, 0.2) is 42.5 Å². The second-order valence-corrected chi connectivity index (χ2v) is 7.76. The summed E-state index contributed by atoms with van der Waals surface area (Å²) in [5, 5.41) is 3.74. The fraction of sp³-hybridized carbons (Fsp3) is 0.360. The molecular formula is C25H31N3O4. The zero-order chi connectivity index (χ0) is 23.1. The minimum Gasteiger partial charge on any atom is -0.493 e. The van der Waals surface area contributed by atoms with E-state index in [4.69, 9.17) is 19.9 Å². The van der Waals surface area contributed by atoms with Crippen molar-refractivity contribution in [2.24, 2.45) is 0 Å². The maximum absolute atomic E-state index is 12.8. The highest BCUT2D eigenvalue weighted by atomic mass is 16.5. The molecule has 2 aromatic carbocycles. The van der Waals surface area contributed by atoms with Gasteiger partial charge in [-0.15, -0.1) is 0 Å². The molecule has 3 aromatic rings. The van der Waals surface area contributed by atoms with Crippen molar-refractivity contribution >= 4 is 22.5 Å². The largest absolute Gasteiger partial charge is 0.493 e. The smallest absolute Gasteiger partial charge is 0.251 e. The molecule has 1 heterocycles. The highest BCUT2D eigenvalue weighted by Gasteiger charge is 2.15. The van der Waals surface area contributed by atoms with Gasteiger partial charge in [0.15, 0.2) is 11.5 Å². The lowest BCUT2D eigenvalue weighted by Gasteiger charge is -2.17. The lowest BCUT2D eigenvalue weighted by Crippen LogP contribution is -2.36.